The van der Waals surface area contributed by atoms with E-state index in [0.717, 1.165) is 6.07 Å². The van der Waals surface area contributed by atoms with E-state index in [0.29, 0.717) is 11.3 Å². The van der Waals surface area contributed by atoms with E-state index in [1.165, 1.54) is 24.3 Å². The van der Waals surface area contributed by atoms with Crippen molar-refractivity contribution in [3.8, 4) is 6.07 Å². The number of halogens is 3. The van der Waals surface area contributed by atoms with Crippen molar-refractivity contribution >= 4 is 17.3 Å². The molecule has 4 nitrogen and oxygen atoms in total. The van der Waals surface area contributed by atoms with Gasteiger partial charge >= 0.3 is 6.18 Å². The van der Waals surface area contributed by atoms with Crippen molar-refractivity contribution in [1.29, 1.82) is 5.26 Å². The summed E-state index contributed by atoms with van der Waals surface area (Å²) in [6.07, 6.45) is -4.50. The summed E-state index contributed by atoms with van der Waals surface area (Å²) < 4.78 is 38.5. The van der Waals surface area contributed by atoms with Crippen molar-refractivity contribution < 1.29 is 18.0 Å². The van der Waals surface area contributed by atoms with Crippen LogP contribution in [0.3, 0.4) is 0 Å². The standard InChI is InChI=1S/C16H12F3N3O/c17-16(18,19)13-6-1-2-7-14(13)21-10-15(23)22-12-5-3-4-11(8-12)9-20/h1-8,21H,10H2,(H,22,23). The molecule has 2 aromatic carbocycles. The number of carbonyl (C=O) groups excluding carboxylic acids is 1. The van der Waals surface area contributed by atoms with Gasteiger partial charge in [-0.15, -0.1) is 0 Å². The lowest BCUT2D eigenvalue weighted by Gasteiger charge is -2.14. The highest BCUT2D eigenvalue weighted by Gasteiger charge is 2.33. The summed E-state index contributed by atoms with van der Waals surface area (Å²) in [5.41, 5.74) is -0.224. The molecule has 2 rings (SSSR count). The van der Waals surface area contributed by atoms with Crippen LogP contribution in [0.15, 0.2) is 48.5 Å². The van der Waals surface area contributed by atoms with Gasteiger partial charge in [0.2, 0.25) is 5.91 Å². The van der Waals surface area contributed by atoms with E-state index in [2.05, 4.69) is 10.6 Å². The number of nitriles is 1. The zero-order chi connectivity index (χ0) is 16.9. The number of nitrogens with one attached hydrogen (secondary N) is 2. The van der Waals surface area contributed by atoms with Crippen LogP contribution < -0.4 is 10.6 Å². The first-order chi connectivity index (χ1) is 10.9. The molecular formula is C16H12F3N3O. The van der Waals surface area contributed by atoms with Crippen LogP contribution in [0.1, 0.15) is 11.1 Å². The summed E-state index contributed by atoms with van der Waals surface area (Å²) in [6.45, 7) is -0.329. The van der Waals surface area contributed by atoms with Crippen molar-refractivity contribution in [1.82, 2.24) is 0 Å². The molecule has 0 fully saturated rings. The van der Waals surface area contributed by atoms with Gasteiger partial charge in [0.1, 0.15) is 0 Å². The largest absolute Gasteiger partial charge is 0.418 e. The van der Waals surface area contributed by atoms with Gasteiger partial charge in [-0.25, -0.2) is 0 Å². The van der Waals surface area contributed by atoms with Gasteiger partial charge in [0.05, 0.1) is 23.7 Å². The van der Waals surface area contributed by atoms with Gasteiger partial charge in [0.25, 0.3) is 0 Å². The third-order valence-electron chi connectivity index (χ3n) is 2.95. The number of amides is 1. The van der Waals surface area contributed by atoms with Crippen LogP contribution in [0.2, 0.25) is 0 Å². The minimum Gasteiger partial charge on any atom is -0.376 e. The first-order valence-electron chi connectivity index (χ1n) is 6.60. The third-order valence-corrected chi connectivity index (χ3v) is 2.95. The SMILES string of the molecule is N#Cc1cccc(NC(=O)CNc2ccccc2C(F)(F)F)c1. The van der Waals surface area contributed by atoms with Crippen LogP contribution in [0.25, 0.3) is 0 Å². The fourth-order valence-corrected chi connectivity index (χ4v) is 1.93. The number of nitrogens with zero attached hydrogens (tertiary/aromatic N) is 1. The summed E-state index contributed by atoms with van der Waals surface area (Å²) in [7, 11) is 0. The van der Waals surface area contributed by atoms with Crippen LogP contribution in [-0.2, 0) is 11.0 Å². The topological polar surface area (TPSA) is 64.9 Å². The Balaban J connectivity index is 2.01. The molecule has 0 atom stereocenters. The second-order valence-corrected chi connectivity index (χ2v) is 4.64. The molecule has 23 heavy (non-hydrogen) atoms. The molecular weight excluding hydrogens is 307 g/mol. The maximum Gasteiger partial charge on any atom is 0.418 e. The lowest BCUT2D eigenvalue weighted by Crippen LogP contribution is -2.23. The van der Waals surface area contributed by atoms with Gasteiger partial charge in [0, 0.05) is 11.4 Å². The summed E-state index contributed by atoms with van der Waals surface area (Å²) in [6, 6.07) is 13.1. The highest BCUT2D eigenvalue weighted by molar-refractivity contribution is 5.94. The maximum absolute atomic E-state index is 12.8. The number of hydrogen-bond acceptors (Lipinski definition) is 3. The second kappa shape index (κ2) is 6.83. The quantitative estimate of drug-likeness (QED) is 0.904. The van der Waals surface area contributed by atoms with E-state index in [1.807, 2.05) is 6.07 Å². The average Bonchev–Trinajstić information content (AvgIpc) is 2.52. The molecule has 0 aromatic heterocycles. The molecule has 0 aliphatic rings. The van der Waals surface area contributed by atoms with Gasteiger partial charge in [-0.2, -0.15) is 18.4 Å². The van der Waals surface area contributed by atoms with Crippen LogP contribution >= 0.6 is 0 Å². The van der Waals surface area contributed by atoms with E-state index in [9.17, 15) is 18.0 Å². The molecule has 0 saturated carbocycles. The molecule has 0 aliphatic heterocycles. The normalized spacial score (nSPS) is 10.7. The van der Waals surface area contributed by atoms with E-state index in [1.54, 1.807) is 18.2 Å². The van der Waals surface area contributed by atoms with Crippen LogP contribution in [0, 0.1) is 11.3 Å². The number of hydrogen-bond donors (Lipinski definition) is 2. The molecule has 0 unspecified atom stereocenters. The highest BCUT2D eigenvalue weighted by Crippen LogP contribution is 2.34. The van der Waals surface area contributed by atoms with Crippen molar-refractivity contribution in [2.24, 2.45) is 0 Å². The first kappa shape index (κ1) is 16.4. The fraction of sp³-hybridized carbons (Fsp3) is 0.125. The summed E-state index contributed by atoms with van der Waals surface area (Å²) in [5, 5.41) is 13.8. The van der Waals surface area contributed by atoms with Gasteiger partial charge < -0.3 is 10.6 Å². The number of benzene rings is 2. The summed E-state index contributed by atoms with van der Waals surface area (Å²) >= 11 is 0. The van der Waals surface area contributed by atoms with Crippen molar-refractivity contribution in [2.45, 2.75) is 6.18 Å². The Morgan fingerprint density at radius 1 is 1.13 bits per heavy atom. The van der Waals surface area contributed by atoms with E-state index >= 15 is 0 Å². The Labute approximate surface area is 130 Å². The molecule has 2 N–H and O–H groups in total. The molecule has 0 spiro atoms. The Morgan fingerprint density at radius 2 is 1.87 bits per heavy atom. The number of rotatable bonds is 4. The Bertz CT molecular complexity index is 751. The first-order valence-corrected chi connectivity index (χ1v) is 6.60. The smallest absolute Gasteiger partial charge is 0.376 e. The Morgan fingerprint density at radius 3 is 2.57 bits per heavy atom. The summed E-state index contributed by atoms with van der Waals surface area (Å²) in [5.74, 6) is -0.517. The van der Waals surface area contributed by atoms with Crippen molar-refractivity contribution in [3.05, 3.63) is 59.7 Å². The average molecular weight is 319 g/mol. The van der Waals surface area contributed by atoms with Gasteiger partial charge in [-0.1, -0.05) is 18.2 Å². The van der Waals surface area contributed by atoms with Gasteiger partial charge in [-0.3, -0.25) is 4.79 Å². The van der Waals surface area contributed by atoms with Gasteiger partial charge in [0.15, 0.2) is 0 Å². The number of para-hydroxylation sites is 1. The van der Waals surface area contributed by atoms with Gasteiger partial charge in [-0.05, 0) is 30.3 Å². The second-order valence-electron chi connectivity index (χ2n) is 4.64. The molecule has 0 heterocycles. The Hall–Kier alpha value is -3.01. The predicted octanol–water partition coefficient (Wildman–Crippen LogP) is 3.63. The lowest BCUT2D eigenvalue weighted by molar-refractivity contribution is -0.137. The molecule has 0 radical (unpaired) electrons. The molecule has 2 aromatic rings. The monoisotopic (exact) mass is 319 g/mol. The molecule has 1 amide bonds. The highest BCUT2D eigenvalue weighted by atomic mass is 19.4. The molecule has 118 valence electrons. The lowest BCUT2D eigenvalue weighted by atomic mass is 10.1. The summed E-state index contributed by atoms with van der Waals surface area (Å²) in [4.78, 5) is 11.8. The minimum atomic E-state index is -4.50. The molecule has 0 bridgehead atoms. The van der Waals surface area contributed by atoms with Crippen LogP contribution in [0.4, 0.5) is 24.5 Å². The number of carbonyl (C=O) groups is 1. The Kier molecular flexibility index (Phi) is 4.86. The van der Waals surface area contributed by atoms with E-state index in [4.69, 9.17) is 5.26 Å². The third kappa shape index (κ3) is 4.48. The number of anilines is 2. The van der Waals surface area contributed by atoms with Crippen molar-refractivity contribution in [2.75, 3.05) is 17.2 Å². The van der Waals surface area contributed by atoms with Crippen molar-refractivity contribution in [3.63, 3.8) is 0 Å². The zero-order valence-electron chi connectivity index (χ0n) is 11.8. The van der Waals surface area contributed by atoms with Crippen LogP contribution in [0.5, 0.6) is 0 Å². The minimum absolute atomic E-state index is 0.166. The zero-order valence-corrected chi connectivity index (χ0v) is 11.8. The van der Waals surface area contributed by atoms with Crippen LogP contribution in [-0.4, -0.2) is 12.5 Å². The molecule has 0 saturated heterocycles. The molecule has 0 aliphatic carbocycles. The fourth-order valence-electron chi connectivity index (χ4n) is 1.93. The number of alkyl halides is 3. The maximum atomic E-state index is 12.8. The van der Waals surface area contributed by atoms with E-state index < -0.39 is 17.6 Å². The predicted molar refractivity (Wildman–Crippen MR) is 79.7 cm³/mol. The van der Waals surface area contributed by atoms with E-state index in [-0.39, 0.29) is 12.2 Å². The molecule has 7 heteroatoms.